The number of aliphatic carboxylic acids is 1. The van der Waals surface area contributed by atoms with Gasteiger partial charge in [-0.1, -0.05) is 31.0 Å². The summed E-state index contributed by atoms with van der Waals surface area (Å²) in [4.78, 5) is 32.4. The maximum absolute atomic E-state index is 12.5. The number of nitrogens with zero attached hydrogens (tertiary/aromatic N) is 2. The molecule has 1 heterocycles. The second-order valence-corrected chi connectivity index (χ2v) is 7.28. The van der Waals surface area contributed by atoms with Crippen LogP contribution < -0.4 is 11.1 Å². The molecule has 156 valence electrons. The predicted octanol–water partition coefficient (Wildman–Crippen LogP) is 2.86. The summed E-state index contributed by atoms with van der Waals surface area (Å²) in [5.74, 6) is -1.86. The second-order valence-electron chi connectivity index (χ2n) is 7.28. The van der Waals surface area contributed by atoms with E-state index in [4.69, 9.17) is 5.73 Å². The molecule has 1 aliphatic rings. The van der Waals surface area contributed by atoms with Crippen LogP contribution in [-0.4, -0.2) is 39.8 Å². The lowest BCUT2D eigenvalue weighted by molar-refractivity contribution is -0.148. The van der Waals surface area contributed by atoms with Crippen molar-refractivity contribution in [2.75, 3.05) is 6.54 Å². The normalized spacial score (nSPS) is 15.9. The molecule has 0 bridgehead atoms. The molecule has 1 saturated carbocycles. The Balaban J connectivity index is 1.71. The number of carboxylic acid groups (broad SMARTS) is 1. The molecule has 0 spiro atoms. The van der Waals surface area contributed by atoms with Gasteiger partial charge in [0.05, 0.1) is 11.1 Å². The van der Waals surface area contributed by atoms with Crippen LogP contribution in [0.15, 0.2) is 53.8 Å². The van der Waals surface area contributed by atoms with Gasteiger partial charge in [-0.05, 0) is 31.0 Å². The summed E-state index contributed by atoms with van der Waals surface area (Å²) in [6.07, 6.45) is 6.96. The lowest BCUT2D eigenvalue weighted by Crippen LogP contribution is -2.41. The van der Waals surface area contributed by atoms with E-state index in [1.807, 2.05) is 30.3 Å². The van der Waals surface area contributed by atoms with E-state index in [1.165, 1.54) is 18.5 Å². The lowest BCUT2D eigenvalue weighted by Gasteiger charge is -2.23. The zero-order valence-corrected chi connectivity index (χ0v) is 16.4. The summed E-state index contributed by atoms with van der Waals surface area (Å²) >= 11 is 0. The largest absolute Gasteiger partial charge is 0.505 e. The van der Waals surface area contributed by atoms with Gasteiger partial charge in [-0.2, -0.15) is 0 Å². The Hall–Kier alpha value is -3.68. The quantitative estimate of drug-likeness (QED) is 0.520. The maximum atomic E-state index is 12.5. The Morgan fingerprint density at radius 3 is 2.53 bits per heavy atom. The zero-order chi connectivity index (χ0) is 21.6. The van der Waals surface area contributed by atoms with Gasteiger partial charge in [0.2, 0.25) is 0 Å². The monoisotopic (exact) mass is 408 g/mol. The number of nitrogens with one attached hydrogen (secondary N) is 1. The lowest BCUT2D eigenvalue weighted by atomic mass is 9.86. The number of aliphatic imine (C=N–C) groups is 1. The topological polar surface area (TPSA) is 138 Å². The SMILES string of the molecule is NC=C(C=Nc1ccccc1)c1cnc(C(=O)NCC2(C(=O)O)CCCC2)c(O)c1. The molecule has 5 N–H and O–H groups in total. The van der Waals surface area contributed by atoms with Crippen LogP contribution in [0.5, 0.6) is 5.75 Å². The van der Waals surface area contributed by atoms with Gasteiger partial charge in [-0.3, -0.25) is 14.6 Å². The van der Waals surface area contributed by atoms with Crippen molar-refractivity contribution in [2.45, 2.75) is 25.7 Å². The fraction of sp³-hybridized carbons (Fsp3) is 0.273. The number of hydrogen-bond donors (Lipinski definition) is 4. The minimum absolute atomic E-state index is 0.00171. The smallest absolute Gasteiger partial charge is 0.311 e. The van der Waals surface area contributed by atoms with Crippen molar-refractivity contribution in [2.24, 2.45) is 16.1 Å². The van der Waals surface area contributed by atoms with Gasteiger partial charge in [0.1, 0.15) is 5.75 Å². The summed E-state index contributed by atoms with van der Waals surface area (Å²) in [5.41, 5.74) is 6.31. The van der Waals surface area contributed by atoms with E-state index >= 15 is 0 Å². The van der Waals surface area contributed by atoms with E-state index < -0.39 is 17.3 Å². The average Bonchev–Trinajstić information content (AvgIpc) is 3.24. The van der Waals surface area contributed by atoms with E-state index in [9.17, 15) is 19.8 Å². The van der Waals surface area contributed by atoms with E-state index in [-0.39, 0.29) is 18.0 Å². The number of carbonyl (C=O) groups is 2. The first kappa shape index (κ1) is 21.0. The highest BCUT2D eigenvalue weighted by molar-refractivity contribution is 6.10. The van der Waals surface area contributed by atoms with Gasteiger partial charge in [-0.25, -0.2) is 4.98 Å². The van der Waals surface area contributed by atoms with E-state index in [1.54, 1.807) is 6.21 Å². The van der Waals surface area contributed by atoms with Gasteiger partial charge in [0, 0.05) is 36.3 Å². The minimum Gasteiger partial charge on any atom is -0.505 e. The molecular weight excluding hydrogens is 384 g/mol. The van der Waals surface area contributed by atoms with Crippen molar-refractivity contribution < 1.29 is 19.8 Å². The molecule has 8 nitrogen and oxygen atoms in total. The molecule has 0 saturated heterocycles. The molecule has 3 rings (SSSR count). The number of amides is 1. The number of aromatic hydroxyl groups is 1. The van der Waals surface area contributed by atoms with Crippen molar-refractivity contribution in [1.29, 1.82) is 0 Å². The van der Waals surface area contributed by atoms with Gasteiger partial charge in [0.15, 0.2) is 5.69 Å². The number of pyridine rings is 1. The number of para-hydroxylation sites is 1. The first-order valence-corrected chi connectivity index (χ1v) is 9.67. The summed E-state index contributed by atoms with van der Waals surface area (Å²) < 4.78 is 0. The van der Waals surface area contributed by atoms with Crippen LogP contribution in [-0.2, 0) is 4.79 Å². The molecule has 30 heavy (non-hydrogen) atoms. The molecule has 8 heteroatoms. The van der Waals surface area contributed by atoms with Crippen LogP contribution in [0.1, 0.15) is 41.7 Å². The minimum atomic E-state index is -0.950. The van der Waals surface area contributed by atoms with Gasteiger partial charge < -0.3 is 21.3 Å². The Bertz CT molecular complexity index is 980. The maximum Gasteiger partial charge on any atom is 0.311 e. The zero-order valence-electron chi connectivity index (χ0n) is 16.4. The molecule has 2 aromatic rings. The Kier molecular flexibility index (Phi) is 6.46. The molecule has 0 unspecified atom stereocenters. The fourth-order valence-corrected chi connectivity index (χ4v) is 3.51. The second kappa shape index (κ2) is 9.21. The standard InChI is InChI=1S/C22H24N4O4/c23-11-16(13-24-17-6-2-1-3-7-17)15-10-18(27)19(25-12-15)20(28)26-14-22(21(29)30)8-4-5-9-22/h1-3,6-7,10-13,27H,4-5,8-9,14,23H2,(H,26,28)(H,29,30). The third-order valence-electron chi connectivity index (χ3n) is 5.31. The number of rotatable bonds is 7. The summed E-state index contributed by atoms with van der Waals surface area (Å²) in [5, 5.41) is 22.4. The molecule has 1 aromatic heterocycles. The summed E-state index contributed by atoms with van der Waals surface area (Å²) in [6.45, 7) is 0.00171. The van der Waals surface area contributed by atoms with Crippen LogP contribution in [0.4, 0.5) is 5.69 Å². The van der Waals surface area contributed by atoms with E-state index in [2.05, 4.69) is 15.3 Å². The van der Waals surface area contributed by atoms with E-state index in [0.29, 0.717) is 24.0 Å². The molecular formula is C22H24N4O4. The van der Waals surface area contributed by atoms with Crippen LogP contribution in [0.2, 0.25) is 0 Å². The molecule has 0 radical (unpaired) electrons. The Morgan fingerprint density at radius 2 is 1.93 bits per heavy atom. The number of allylic oxidation sites excluding steroid dienone is 1. The predicted molar refractivity (Wildman–Crippen MR) is 114 cm³/mol. The Labute approximate surface area is 174 Å². The van der Waals surface area contributed by atoms with Crippen molar-refractivity contribution in [3.05, 3.63) is 60.1 Å². The first-order chi connectivity index (χ1) is 14.4. The average molecular weight is 408 g/mol. The third-order valence-corrected chi connectivity index (χ3v) is 5.31. The Morgan fingerprint density at radius 1 is 1.23 bits per heavy atom. The molecule has 1 amide bonds. The van der Waals surface area contributed by atoms with Crippen LogP contribution in [0.25, 0.3) is 5.57 Å². The first-order valence-electron chi connectivity index (χ1n) is 9.67. The van der Waals surface area contributed by atoms with Gasteiger partial charge >= 0.3 is 5.97 Å². The van der Waals surface area contributed by atoms with Crippen LogP contribution >= 0.6 is 0 Å². The molecule has 0 aliphatic heterocycles. The fourth-order valence-electron chi connectivity index (χ4n) is 3.51. The van der Waals surface area contributed by atoms with E-state index in [0.717, 1.165) is 18.5 Å². The van der Waals surface area contributed by atoms with Gasteiger partial charge in [-0.15, -0.1) is 0 Å². The van der Waals surface area contributed by atoms with Crippen LogP contribution in [0, 0.1) is 5.41 Å². The molecule has 1 aromatic carbocycles. The molecule has 1 aliphatic carbocycles. The highest BCUT2D eigenvalue weighted by Crippen LogP contribution is 2.37. The number of nitrogens with two attached hydrogens (primary N) is 1. The summed E-state index contributed by atoms with van der Waals surface area (Å²) in [7, 11) is 0. The highest BCUT2D eigenvalue weighted by Gasteiger charge is 2.41. The number of benzene rings is 1. The molecule has 1 fully saturated rings. The van der Waals surface area contributed by atoms with Crippen molar-refractivity contribution in [3.63, 3.8) is 0 Å². The number of carbonyl (C=O) groups excluding carboxylic acids is 1. The summed E-state index contributed by atoms with van der Waals surface area (Å²) in [6, 6.07) is 10.7. The highest BCUT2D eigenvalue weighted by atomic mass is 16.4. The third kappa shape index (κ3) is 4.65. The van der Waals surface area contributed by atoms with Crippen molar-refractivity contribution in [3.8, 4) is 5.75 Å². The van der Waals surface area contributed by atoms with Crippen molar-refractivity contribution in [1.82, 2.24) is 10.3 Å². The number of hydrogen-bond acceptors (Lipinski definition) is 6. The number of aromatic nitrogens is 1. The van der Waals surface area contributed by atoms with Gasteiger partial charge in [0.25, 0.3) is 5.91 Å². The van der Waals surface area contributed by atoms with Crippen molar-refractivity contribution >= 4 is 29.4 Å². The van der Waals surface area contributed by atoms with Crippen LogP contribution in [0.3, 0.4) is 0 Å². The number of carboxylic acids is 1. The molecule has 0 atom stereocenters.